The summed E-state index contributed by atoms with van der Waals surface area (Å²) in [6.07, 6.45) is -6.36. The van der Waals surface area contributed by atoms with Crippen molar-refractivity contribution < 1.29 is 27.5 Å². The average Bonchev–Trinajstić information content (AvgIpc) is 2.00. The third kappa shape index (κ3) is 2.57. The summed E-state index contributed by atoms with van der Waals surface area (Å²) in [5, 5.41) is 0. The lowest BCUT2D eigenvalue weighted by Gasteiger charge is -2.02. The highest BCUT2D eigenvalue weighted by atomic mass is 19.3. The second-order valence-electron chi connectivity index (χ2n) is 1.59. The number of ketones is 1. The van der Waals surface area contributed by atoms with Crippen LogP contribution in [0.15, 0.2) is 0 Å². The van der Waals surface area contributed by atoms with Gasteiger partial charge in [0.2, 0.25) is 5.78 Å². The summed E-state index contributed by atoms with van der Waals surface area (Å²) in [5.41, 5.74) is 0. The van der Waals surface area contributed by atoms with E-state index in [0.717, 1.165) is 7.11 Å². The van der Waals surface area contributed by atoms with Crippen molar-refractivity contribution >= 4 is 11.8 Å². The number of carbonyl (C=O) groups excluding carboxylic acids is 2. The van der Waals surface area contributed by atoms with Gasteiger partial charge >= 0.3 is 5.97 Å². The van der Waals surface area contributed by atoms with Crippen LogP contribution >= 0.6 is 0 Å². The number of ether oxygens (including phenoxy) is 1. The van der Waals surface area contributed by atoms with Gasteiger partial charge in [0.1, 0.15) is 0 Å². The number of carbonyl (C=O) groups is 2. The van der Waals surface area contributed by atoms with Crippen LogP contribution in [0.3, 0.4) is 0 Å². The summed E-state index contributed by atoms with van der Waals surface area (Å²) >= 11 is 0. The fourth-order valence-corrected chi connectivity index (χ4v) is 0.330. The van der Waals surface area contributed by atoms with E-state index in [0.29, 0.717) is 0 Å². The zero-order chi connectivity index (χ0) is 9.02. The molecule has 0 aromatic carbocycles. The minimum atomic E-state index is -3.48. The molecule has 6 heteroatoms. The number of alkyl halides is 3. The van der Waals surface area contributed by atoms with Crippen LogP contribution in [0.1, 0.15) is 0 Å². The first-order chi connectivity index (χ1) is 5.00. The van der Waals surface area contributed by atoms with Crippen LogP contribution in [0.5, 0.6) is 0 Å². The predicted molar refractivity (Wildman–Crippen MR) is 27.9 cm³/mol. The van der Waals surface area contributed by atoms with Gasteiger partial charge in [-0.25, -0.2) is 18.0 Å². The quantitative estimate of drug-likeness (QED) is 0.452. The van der Waals surface area contributed by atoms with Crippen molar-refractivity contribution in [3.8, 4) is 0 Å². The third-order valence-corrected chi connectivity index (χ3v) is 0.873. The number of hydrogen-bond acceptors (Lipinski definition) is 3. The molecule has 0 aromatic rings. The fourth-order valence-electron chi connectivity index (χ4n) is 0.330. The van der Waals surface area contributed by atoms with Crippen LogP contribution in [-0.4, -0.2) is 31.5 Å². The van der Waals surface area contributed by atoms with Crippen molar-refractivity contribution in [1.82, 2.24) is 0 Å². The molecule has 64 valence electrons. The van der Waals surface area contributed by atoms with Crippen LogP contribution in [0.4, 0.5) is 13.2 Å². The molecule has 0 fully saturated rings. The Morgan fingerprint density at radius 1 is 1.27 bits per heavy atom. The summed E-state index contributed by atoms with van der Waals surface area (Å²) in [6.45, 7) is 0. The maximum atomic E-state index is 12.1. The van der Waals surface area contributed by atoms with E-state index in [1.54, 1.807) is 0 Å². The molecule has 0 spiro atoms. The van der Waals surface area contributed by atoms with E-state index in [9.17, 15) is 22.8 Å². The monoisotopic (exact) mass is 170 g/mol. The Morgan fingerprint density at radius 3 is 2.00 bits per heavy atom. The summed E-state index contributed by atoms with van der Waals surface area (Å²) in [7, 11) is 0.799. The largest absolute Gasteiger partial charge is 0.467 e. The topological polar surface area (TPSA) is 43.4 Å². The molecule has 11 heavy (non-hydrogen) atoms. The molecule has 0 radical (unpaired) electrons. The molecular weight excluding hydrogens is 165 g/mol. The molecule has 0 bridgehead atoms. The Labute approximate surface area is 60.1 Å². The first-order valence-electron chi connectivity index (χ1n) is 2.54. The highest BCUT2D eigenvalue weighted by Crippen LogP contribution is 2.04. The van der Waals surface area contributed by atoms with Crippen molar-refractivity contribution in [3.63, 3.8) is 0 Å². The number of esters is 1. The van der Waals surface area contributed by atoms with Crippen molar-refractivity contribution in [1.29, 1.82) is 0 Å². The van der Waals surface area contributed by atoms with Gasteiger partial charge in [-0.05, 0) is 0 Å². The molecular formula is C5H5F3O3. The van der Waals surface area contributed by atoms with Gasteiger partial charge in [0.15, 0.2) is 0 Å². The van der Waals surface area contributed by atoms with Crippen LogP contribution in [0.2, 0.25) is 0 Å². The zero-order valence-corrected chi connectivity index (χ0v) is 5.51. The molecule has 0 heterocycles. The van der Waals surface area contributed by atoms with Crippen LogP contribution in [-0.2, 0) is 14.3 Å². The van der Waals surface area contributed by atoms with Gasteiger partial charge in [0.25, 0.3) is 12.6 Å². The molecule has 0 aromatic heterocycles. The molecule has 0 saturated heterocycles. The second-order valence-corrected chi connectivity index (χ2v) is 1.59. The third-order valence-electron chi connectivity index (χ3n) is 0.873. The fraction of sp³-hybridized carbons (Fsp3) is 0.600. The molecule has 1 unspecified atom stereocenters. The van der Waals surface area contributed by atoms with Gasteiger partial charge < -0.3 is 4.74 Å². The number of Topliss-reactive ketones (excluding diaryl/α,β-unsaturated/α-hetero) is 1. The van der Waals surface area contributed by atoms with Gasteiger partial charge in [-0.1, -0.05) is 0 Å². The molecule has 0 aliphatic heterocycles. The van der Waals surface area contributed by atoms with E-state index < -0.39 is 24.3 Å². The Morgan fingerprint density at radius 2 is 1.73 bits per heavy atom. The van der Waals surface area contributed by atoms with E-state index in [1.807, 2.05) is 0 Å². The number of rotatable bonds is 3. The van der Waals surface area contributed by atoms with Gasteiger partial charge in [0.05, 0.1) is 7.11 Å². The number of hydrogen-bond donors (Lipinski definition) is 0. The molecule has 0 N–H and O–H groups in total. The lowest BCUT2D eigenvalue weighted by molar-refractivity contribution is -0.154. The molecule has 0 saturated carbocycles. The van der Waals surface area contributed by atoms with Gasteiger partial charge in [-0.2, -0.15) is 0 Å². The predicted octanol–water partition coefficient (Wildman–Crippen LogP) is 0.332. The van der Waals surface area contributed by atoms with Crippen molar-refractivity contribution in [2.45, 2.75) is 12.6 Å². The Kier molecular flexibility index (Phi) is 3.56. The minimum absolute atomic E-state index is 0.799. The second kappa shape index (κ2) is 3.95. The number of methoxy groups -OCH3 is 1. The normalized spacial score (nSPS) is 12.8. The highest BCUT2D eigenvalue weighted by molar-refractivity contribution is 6.03. The minimum Gasteiger partial charge on any atom is -0.467 e. The first kappa shape index (κ1) is 9.93. The summed E-state index contributed by atoms with van der Waals surface area (Å²) in [4.78, 5) is 20.1. The molecule has 0 amide bonds. The molecule has 3 nitrogen and oxygen atoms in total. The maximum absolute atomic E-state index is 12.1. The van der Waals surface area contributed by atoms with Crippen LogP contribution in [0, 0.1) is 0 Å². The smallest absolute Gasteiger partial charge is 0.348 e. The van der Waals surface area contributed by atoms with Gasteiger partial charge in [-0.3, -0.25) is 4.79 Å². The van der Waals surface area contributed by atoms with E-state index in [4.69, 9.17) is 0 Å². The first-order valence-corrected chi connectivity index (χ1v) is 2.54. The van der Waals surface area contributed by atoms with Gasteiger partial charge in [-0.15, -0.1) is 0 Å². The molecule has 0 aliphatic rings. The van der Waals surface area contributed by atoms with E-state index in [2.05, 4.69) is 4.74 Å². The average molecular weight is 170 g/mol. The Hall–Kier alpha value is -1.07. The summed E-state index contributed by atoms with van der Waals surface area (Å²) in [5.74, 6) is -3.67. The van der Waals surface area contributed by atoms with Crippen molar-refractivity contribution in [2.24, 2.45) is 0 Å². The van der Waals surface area contributed by atoms with Crippen molar-refractivity contribution in [3.05, 3.63) is 0 Å². The Balaban J connectivity index is 4.13. The lowest BCUT2D eigenvalue weighted by atomic mass is 10.2. The lowest BCUT2D eigenvalue weighted by Crippen LogP contribution is -2.31. The summed E-state index contributed by atoms with van der Waals surface area (Å²) in [6, 6.07) is 0. The van der Waals surface area contributed by atoms with Gasteiger partial charge in [0, 0.05) is 0 Å². The van der Waals surface area contributed by atoms with Crippen LogP contribution < -0.4 is 0 Å². The SMILES string of the molecule is COC(=O)C(F)C(=O)C(F)F. The van der Waals surface area contributed by atoms with Crippen LogP contribution in [0.25, 0.3) is 0 Å². The Bertz CT molecular complexity index is 168. The number of halogens is 3. The zero-order valence-electron chi connectivity index (χ0n) is 5.51. The van der Waals surface area contributed by atoms with E-state index in [-0.39, 0.29) is 0 Å². The molecule has 0 rings (SSSR count). The van der Waals surface area contributed by atoms with E-state index >= 15 is 0 Å². The molecule has 1 atom stereocenters. The standard InChI is InChI=1S/C5H5F3O3/c1-11-5(10)2(6)3(9)4(7)8/h2,4H,1H3. The maximum Gasteiger partial charge on any atom is 0.348 e. The van der Waals surface area contributed by atoms with Crippen molar-refractivity contribution in [2.75, 3.05) is 7.11 Å². The van der Waals surface area contributed by atoms with E-state index in [1.165, 1.54) is 0 Å². The highest BCUT2D eigenvalue weighted by Gasteiger charge is 2.33. The summed E-state index contributed by atoms with van der Waals surface area (Å²) < 4.78 is 38.6. The molecule has 0 aliphatic carbocycles.